The van der Waals surface area contributed by atoms with Crippen molar-refractivity contribution >= 4 is 5.91 Å². The van der Waals surface area contributed by atoms with Crippen molar-refractivity contribution < 1.29 is 14.1 Å². The van der Waals surface area contributed by atoms with Gasteiger partial charge in [-0.15, -0.1) is 0 Å². The van der Waals surface area contributed by atoms with Gasteiger partial charge in [0.2, 0.25) is 5.91 Å². The molecule has 2 aromatic rings. The zero-order valence-corrected chi connectivity index (χ0v) is 12.2. The fourth-order valence-corrected chi connectivity index (χ4v) is 1.82. The molecule has 0 spiro atoms. The Bertz CT molecular complexity index is 592. The fraction of sp³-hybridized carbons (Fsp3) is 0.400. The summed E-state index contributed by atoms with van der Waals surface area (Å²) in [5.74, 6) is 1.29. The molecule has 112 valence electrons. The van der Waals surface area contributed by atoms with Gasteiger partial charge in [-0.05, 0) is 37.6 Å². The second-order valence-electron chi connectivity index (χ2n) is 4.80. The number of hydrogen-bond acceptors (Lipinski definition) is 5. The number of benzene rings is 1. The molecule has 0 saturated carbocycles. The largest absolute Gasteiger partial charge is 0.481 e. The molecule has 0 aliphatic carbocycles. The lowest BCUT2D eigenvalue weighted by molar-refractivity contribution is 0.1000. The summed E-state index contributed by atoms with van der Waals surface area (Å²) in [4.78, 5) is 15.3. The Labute approximate surface area is 123 Å². The van der Waals surface area contributed by atoms with Crippen molar-refractivity contribution in [1.82, 2.24) is 10.1 Å². The van der Waals surface area contributed by atoms with Crippen LogP contribution in [0, 0.1) is 0 Å². The Kier molecular flexibility index (Phi) is 4.92. The summed E-state index contributed by atoms with van der Waals surface area (Å²) in [5.41, 5.74) is 5.63. The van der Waals surface area contributed by atoms with Gasteiger partial charge in [0.05, 0.1) is 0 Å². The molecule has 6 nitrogen and oxygen atoms in total. The number of nitrogens with two attached hydrogens (primary N) is 1. The molecule has 0 saturated heterocycles. The summed E-state index contributed by atoms with van der Waals surface area (Å²) in [6.45, 7) is 3.95. The number of aromatic nitrogens is 2. The van der Waals surface area contributed by atoms with Crippen molar-refractivity contribution in [2.45, 2.75) is 39.2 Å². The van der Waals surface area contributed by atoms with Gasteiger partial charge in [0.1, 0.15) is 5.75 Å². The number of unbranched alkanes of at least 4 members (excludes halogenated alkanes) is 1. The number of aryl methyl sites for hydroxylation is 1. The molecular weight excluding hydrogens is 270 g/mol. The topological polar surface area (TPSA) is 91.2 Å². The molecule has 0 radical (unpaired) electrons. The van der Waals surface area contributed by atoms with E-state index in [0.29, 0.717) is 23.0 Å². The van der Waals surface area contributed by atoms with Gasteiger partial charge in [0.15, 0.2) is 11.9 Å². The van der Waals surface area contributed by atoms with Crippen LogP contribution in [-0.2, 0) is 6.42 Å². The smallest absolute Gasteiger partial charge is 0.267 e. The van der Waals surface area contributed by atoms with E-state index in [1.807, 2.05) is 6.92 Å². The van der Waals surface area contributed by atoms with Crippen molar-refractivity contribution in [1.29, 1.82) is 0 Å². The predicted octanol–water partition coefficient (Wildman–Crippen LogP) is 2.65. The standard InChI is InChI=1S/C15H19N3O3/c1-3-4-5-13-17-15(21-18-13)10(2)20-12-8-6-11(7-9-12)14(16)19/h6-10H,3-5H2,1-2H3,(H2,16,19)/t10-/m0/s1. The third-order valence-corrected chi connectivity index (χ3v) is 3.04. The van der Waals surface area contributed by atoms with Gasteiger partial charge >= 0.3 is 0 Å². The average molecular weight is 289 g/mol. The van der Waals surface area contributed by atoms with Crippen molar-refractivity contribution in [3.8, 4) is 5.75 Å². The Hall–Kier alpha value is -2.37. The Morgan fingerprint density at radius 1 is 1.38 bits per heavy atom. The molecule has 0 unspecified atom stereocenters. The van der Waals surface area contributed by atoms with Crippen LogP contribution in [0.2, 0.25) is 0 Å². The van der Waals surface area contributed by atoms with Crippen LogP contribution in [0.25, 0.3) is 0 Å². The molecule has 1 heterocycles. The van der Waals surface area contributed by atoms with Crippen LogP contribution >= 0.6 is 0 Å². The van der Waals surface area contributed by atoms with E-state index in [1.54, 1.807) is 24.3 Å². The van der Waals surface area contributed by atoms with E-state index in [-0.39, 0.29) is 6.10 Å². The number of primary amides is 1. The first-order valence-corrected chi connectivity index (χ1v) is 6.99. The van der Waals surface area contributed by atoms with E-state index in [0.717, 1.165) is 19.3 Å². The number of nitrogens with zero attached hydrogens (tertiary/aromatic N) is 2. The van der Waals surface area contributed by atoms with Crippen LogP contribution in [0.4, 0.5) is 0 Å². The highest BCUT2D eigenvalue weighted by atomic mass is 16.5. The van der Waals surface area contributed by atoms with Crippen molar-refractivity contribution in [3.05, 3.63) is 41.5 Å². The molecule has 6 heteroatoms. The molecule has 2 N–H and O–H groups in total. The monoisotopic (exact) mass is 289 g/mol. The van der Waals surface area contributed by atoms with Crippen LogP contribution in [0.5, 0.6) is 5.75 Å². The highest BCUT2D eigenvalue weighted by molar-refractivity contribution is 5.92. The highest BCUT2D eigenvalue weighted by Gasteiger charge is 2.16. The minimum atomic E-state index is -0.466. The molecular formula is C15H19N3O3. The van der Waals surface area contributed by atoms with Gasteiger partial charge in [-0.25, -0.2) is 0 Å². The first-order chi connectivity index (χ1) is 10.1. The van der Waals surface area contributed by atoms with Crippen LogP contribution < -0.4 is 10.5 Å². The molecule has 1 aromatic heterocycles. The second-order valence-corrected chi connectivity index (χ2v) is 4.80. The maximum atomic E-state index is 11.0. The molecule has 0 aliphatic heterocycles. The summed E-state index contributed by atoms with van der Waals surface area (Å²) < 4.78 is 10.9. The van der Waals surface area contributed by atoms with E-state index in [4.69, 9.17) is 15.0 Å². The van der Waals surface area contributed by atoms with Crippen LogP contribution in [0.1, 0.15) is 54.9 Å². The molecule has 1 aromatic carbocycles. The first-order valence-electron chi connectivity index (χ1n) is 6.99. The van der Waals surface area contributed by atoms with E-state index in [2.05, 4.69) is 17.1 Å². The summed E-state index contributed by atoms with van der Waals surface area (Å²) >= 11 is 0. The zero-order chi connectivity index (χ0) is 15.2. The normalized spacial score (nSPS) is 12.1. The SMILES string of the molecule is CCCCc1noc([C@H](C)Oc2ccc(C(N)=O)cc2)n1. The first kappa shape index (κ1) is 15.0. The van der Waals surface area contributed by atoms with Crippen molar-refractivity contribution in [2.75, 3.05) is 0 Å². The van der Waals surface area contributed by atoms with Gasteiger partial charge in [0, 0.05) is 12.0 Å². The van der Waals surface area contributed by atoms with E-state index in [1.165, 1.54) is 0 Å². The minimum Gasteiger partial charge on any atom is -0.481 e. The molecule has 0 fully saturated rings. The van der Waals surface area contributed by atoms with Crippen LogP contribution in [-0.4, -0.2) is 16.0 Å². The minimum absolute atomic E-state index is 0.354. The number of carbonyl (C=O) groups excluding carboxylic acids is 1. The Morgan fingerprint density at radius 3 is 2.71 bits per heavy atom. The number of carbonyl (C=O) groups is 1. The van der Waals surface area contributed by atoms with E-state index < -0.39 is 5.91 Å². The third kappa shape index (κ3) is 4.05. The van der Waals surface area contributed by atoms with Crippen molar-refractivity contribution in [2.24, 2.45) is 5.73 Å². The predicted molar refractivity (Wildman–Crippen MR) is 76.9 cm³/mol. The second kappa shape index (κ2) is 6.88. The van der Waals surface area contributed by atoms with Crippen molar-refractivity contribution in [3.63, 3.8) is 0 Å². The van der Waals surface area contributed by atoms with E-state index >= 15 is 0 Å². The molecule has 1 atom stereocenters. The third-order valence-electron chi connectivity index (χ3n) is 3.04. The van der Waals surface area contributed by atoms with Gasteiger partial charge in [-0.3, -0.25) is 4.79 Å². The summed E-state index contributed by atoms with van der Waals surface area (Å²) in [6, 6.07) is 6.60. The van der Waals surface area contributed by atoms with E-state index in [9.17, 15) is 4.79 Å². The Balaban J connectivity index is 1.98. The van der Waals surface area contributed by atoms with Gasteiger partial charge in [-0.2, -0.15) is 4.98 Å². The van der Waals surface area contributed by atoms with Crippen LogP contribution in [0.3, 0.4) is 0 Å². The number of hydrogen-bond donors (Lipinski definition) is 1. The number of amides is 1. The van der Waals surface area contributed by atoms with Gasteiger partial charge in [0.25, 0.3) is 5.89 Å². The van der Waals surface area contributed by atoms with Gasteiger partial charge < -0.3 is 15.0 Å². The number of ether oxygens (including phenoxy) is 1. The Morgan fingerprint density at radius 2 is 2.10 bits per heavy atom. The lowest BCUT2D eigenvalue weighted by atomic mass is 10.2. The molecule has 0 aliphatic rings. The van der Waals surface area contributed by atoms with Gasteiger partial charge in [-0.1, -0.05) is 18.5 Å². The molecule has 2 rings (SSSR count). The highest BCUT2D eigenvalue weighted by Crippen LogP contribution is 2.21. The summed E-state index contributed by atoms with van der Waals surface area (Å²) in [7, 11) is 0. The molecule has 0 bridgehead atoms. The summed E-state index contributed by atoms with van der Waals surface area (Å²) in [5, 5.41) is 3.93. The average Bonchev–Trinajstić information content (AvgIpc) is 2.94. The lowest BCUT2D eigenvalue weighted by Crippen LogP contribution is -2.10. The summed E-state index contributed by atoms with van der Waals surface area (Å²) in [6.07, 6.45) is 2.57. The zero-order valence-electron chi connectivity index (χ0n) is 12.2. The van der Waals surface area contributed by atoms with Crippen LogP contribution in [0.15, 0.2) is 28.8 Å². The maximum Gasteiger partial charge on any atom is 0.267 e. The molecule has 1 amide bonds. The quantitative estimate of drug-likeness (QED) is 0.846. The lowest BCUT2D eigenvalue weighted by Gasteiger charge is -2.10. The maximum absolute atomic E-state index is 11.0. The number of rotatable bonds is 7. The fourth-order valence-electron chi connectivity index (χ4n) is 1.82. The molecule has 21 heavy (non-hydrogen) atoms.